The van der Waals surface area contributed by atoms with Crippen LogP contribution in [0.15, 0.2) is 47.0 Å². The van der Waals surface area contributed by atoms with Gasteiger partial charge in [-0.15, -0.1) is 11.3 Å². The van der Waals surface area contributed by atoms with Crippen molar-refractivity contribution in [2.45, 2.75) is 0 Å². The number of hydrogen-bond donors (Lipinski definition) is 0. The minimum absolute atomic E-state index is 0.290. The molecule has 0 bridgehead atoms. The zero-order valence-electron chi connectivity index (χ0n) is 12.9. The van der Waals surface area contributed by atoms with Gasteiger partial charge in [-0.1, -0.05) is 29.8 Å². The number of aromatic nitrogens is 2. The molecule has 1 aliphatic rings. The third kappa shape index (κ3) is 2.79. The molecule has 1 aromatic carbocycles. The predicted octanol–water partition coefficient (Wildman–Crippen LogP) is 2.96. The summed E-state index contributed by atoms with van der Waals surface area (Å²) in [5.41, 5.74) is 1.07. The summed E-state index contributed by atoms with van der Waals surface area (Å²) in [7, 11) is 0. The number of imidazole rings is 1. The Kier molecular flexibility index (Phi) is 3.98. The number of carbonyl (C=O) groups is 2. The van der Waals surface area contributed by atoms with Gasteiger partial charge in [0, 0.05) is 17.1 Å². The van der Waals surface area contributed by atoms with Crippen molar-refractivity contribution in [3.05, 3.63) is 58.3 Å². The molecule has 25 heavy (non-hydrogen) atoms. The fraction of sp³-hybridized carbons (Fsp3) is 0.125. The van der Waals surface area contributed by atoms with E-state index in [-0.39, 0.29) is 12.5 Å². The normalized spacial score (nSPS) is 15.0. The summed E-state index contributed by atoms with van der Waals surface area (Å²) in [5, 5.41) is 7.65. The lowest BCUT2D eigenvalue weighted by molar-refractivity contribution is 0.0822. The van der Waals surface area contributed by atoms with Gasteiger partial charge in [0.15, 0.2) is 10.1 Å². The molecule has 7 nitrogen and oxygen atoms in total. The van der Waals surface area contributed by atoms with Crippen LogP contribution in [0.4, 0.5) is 4.79 Å². The van der Waals surface area contributed by atoms with Crippen LogP contribution >= 0.6 is 22.9 Å². The van der Waals surface area contributed by atoms with Gasteiger partial charge in [0.2, 0.25) is 0 Å². The zero-order chi connectivity index (χ0) is 17.4. The van der Waals surface area contributed by atoms with E-state index in [0.29, 0.717) is 23.0 Å². The second kappa shape index (κ2) is 6.30. The van der Waals surface area contributed by atoms with Crippen LogP contribution in [0, 0.1) is 0 Å². The van der Waals surface area contributed by atoms with E-state index in [1.165, 1.54) is 27.5 Å². The van der Waals surface area contributed by atoms with E-state index < -0.39 is 6.03 Å². The molecular formula is C16H12ClN5O2S. The smallest absolute Gasteiger partial charge is 0.288 e. The van der Waals surface area contributed by atoms with Crippen molar-refractivity contribution in [1.29, 1.82) is 0 Å². The molecule has 3 amide bonds. The number of fused-ring (bicyclic) bond motifs is 1. The topological polar surface area (TPSA) is 70.3 Å². The molecule has 1 fully saturated rings. The van der Waals surface area contributed by atoms with E-state index in [1.807, 2.05) is 17.6 Å². The minimum atomic E-state index is -0.452. The number of thiazole rings is 1. The SMILES string of the molecule is O=C(c1ccccc1)N1CCN(/N=C/c2c(Cl)nc3sccn23)C1=O. The molecule has 1 saturated heterocycles. The van der Waals surface area contributed by atoms with Gasteiger partial charge in [0.25, 0.3) is 5.91 Å². The molecule has 126 valence electrons. The Hall–Kier alpha value is -2.71. The summed E-state index contributed by atoms with van der Waals surface area (Å²) < 4.78 is 1.80. The Morgan fingerprint density at radius 2 is 2.08 bits per heavy atom. The molecule has 4 rings (SSSR count). The fourth-order valence-electron chi connectivity index (χ4n) is 2.57. The lowest BCUT2D eigenvalue weighted by Crippen LogP contribution is -2.34. The van der Waals surface area contributed by atoms with Gasteiger partial charge in [0.1, 0.15) is 5.69 Å². The Bertz CT molecular complexity index is 981. The maximum atomic E-state index is 12.4. The average molecular weight is 374 g/mol. The minimum Gasteiger partial charge on any atom is -0.288 e. The highest BCUT2D eigenvalue weighted by Gasteiger charge is 2.33. The van der Waals surface area contributed by atoms with Crippen LogP contribution in [0.25, 0.3) is 4.96 Å². The summed E-state index contributed by atoms with van der Waals surface area (Å²) in [4.78, 5) is 31.0. The Morgan fingerprint density at radius 1 is 1.28 bits per heavy atom. The van der Waals surface area contributed by atoms with Gasteiger partial charge >= 0.3 is 6.03 Å². The number of urea groups is 1. The largest absolute Gasteiger partial charge is 0.347 e. The molecule has 0 unspecified atom stereocenters. The van der Waals surface area contributed by atoms with Crippen LogP contribution < -0.4 is 0 Å². The molecule has 2 aromatic heterocycles. The third-order valence-electron chi connectivity index (χ3n) is 3.83. The second-order valence-electron chi connectivity index (χ2n) is 5.32. The van der Waals surface area contributed by atoms with Crippen molar-refractivity contribution in [3.63, 3.8) is 0 Å². The van der Waals surface area contributed by atoms with Crippen LogP contribution in [0.1, 0.15) is 16.1 Å². The lowest BCUT2D eigenvalue weighted by atomic mass is 10.2. The van der Waals surface area contributed by atoms with Gasteiger partial charge in [-0.25, -0.2) is 14.8 Å². The second-order valence-corrected chi connectivity index (χ2v) is 6.55. The van der Waals surface area contributed by atoms with Crippen LogP contribution in [-0.2, 0) is 0 Å². The van der Waals surface area contributed by atoms with Crippen molar-refractivity contribution < 1.29 is 9.59 Å². The highest BCUT2D eigenvalue weighted by atomic mass is 35.5. The number of hydrazone groups is 1. The van der Waals surface area contributed by atoms with Gasteiger partial charge in [0.05, 0.1) is 19.3 Å². The highest BCUT2D eigenvalue weighted by molar-refractivity contribution is 7.15. The number of nitrogens with zero attached hydrogens (tertiary/aromatic N) is 5. The third-order valence-corrected chi connectivity index (χ3v) is 4.86. The number of carbonyl (C=O) groups excluding carboxylic acids is 2. The van der Waals surface area contributed by atoms with Crippen LogP contribution in [0.5, 0.6) is 0 Å². The monoisotopic (exact) mass is 373 g/mol. The van der Waals surface area contributed by atoms with E-state index in [4.69, 9.17) is 11.6 Å². The molecular weight excluding hydrogens is 362 g/mol. The van der Waals surface area contributed by atoms with E-state index in [1.54, 1.807) is 28.7 Å². The van der Waals surface area contributed by atoms with Crippen molar-refractivity contribution in [2.75, 3.05) is 13.1 Å². The lowest BCUT2D eigenvalue weighted by Gasteiger charge is -2.13. The number of imide groups is 1. The van der Waals surface area contributed by atoms with E-state index in [9.17, 15) is 9.59 Å². The molecule has 3 heterocycles. The molecule has 0 spiro atoms. The molecule has 0 N–H and O–H groups in total. The first-order valence-electron chi connectivity index (χ1n) is 7.48. The van der Waals surface area contributed by atoms with Crippen LogP contribution in [-0.4, -0.2) is 50.5 Å². The summed E-state index contributed by atoms with van der Waals surface area (Å²) in [5.74, 6) is -0.328. The standard InChI is InChI=1S/C16H12ClN5O2S/c17-13-12(20-8-9-25-15(20)19-13)10-18-22-7-6-21(16(22)24)14(23)11-4-2-1-3-5-11/h1-5,8-10H,6-7H2/b18-10+. The average Bonchev–Trinajstić information content (AvgIpc) is 3.29. The Labute approximate surface area is 151 Å². The Balaban J connectivity index is 1.53. The van der Waals surface area contributed by atoms with Gasteiger partial charge in [-0.2, -0.15) is 5.10 Å². The number of rotatable bonds is 3. The van der Waals surface area contributed by atoms with Crippen molar-refractivity contribution in [2.24, 2.45) is 5.10 Å². The molecule has 3 aromatic rings. The van der Waals surface area contributed by atoms with Gasteiger partial charge in [-0.3, -0.25) is 14.1 Å². The first-order chi connectivity index (χ1) is 12.1. The van der Waals surface area contributed by atoms with Gasteiger partial charge in [-0.05, 0) is 12.1 Å². The zero-order valence-corrected chi connectivity index (χ0v) is 14.4. The quantitative estimate of drug-likeness (QED) is 0.663. The van der Waals surface area contributed by atoms with Crippen LogP contribution in [0.2, 0.25) is 5.15 Å². The van der Waals surface area contributed by atoms with E-state index in [0.717, 1.165) is 4.96 Å². The molecule has 0 atom stereocenters. The van der Waals surface area contributed by atoms with Crippen molar-refractivity contribution in [3.8, 4) is 0 Å². The van der Waals surface area contributed by atoms with E-state index in [2.05, 4.69) is 10.1 Å². The fourth-order valence-corrected chi connectivity index (χ4v) is 3.57. The summed E-state index contributed by atoms with van der Waals surface area (Å²) in [6.45, 7) is 0.620. The summed E-state index contributed by atoms with van der Waals surface area (Å²) in [6, 6.07) is 8.25. The summed E-state index contributed by atoms with van der Waals surface area (Å²) >= 11 is 7.56. The number of benzene rings is 1. The molecule has 0 radical (unpaired) electrons. The first-order valence-corrected chi connectivity index (χ1v) is 8.74. The number of amides is 3. The molecule has 0 saturated carbocycles. The van der Waals surface area contributed by atoms with Crippen molar-refractivity contribution in [1.82, 2.24) is 19.3 Å². The number of hydrogen-bond acceptors (Lipinski definition) is 5. The highest BCUT2D eigenvalue weighted by Crippen LogP contribution is 2.20. The maximum Gasteiger partial charge on any atom is 0.347 e. The van der Waals surface area contributed by atoms with Crippen LogP contribution in [0.3, 0.4) is 0 Å². The first kappa shape index (κ1) is 15.8. The van der Waals surface area contributed by atoms with Crippen molar-refractivity contribution >= 4 is 46.1 Å². The maximum absolute atomic E-state index is 12.4. The molecule has 0 aliphatic carbocycles. The Morgan fingerprint density at radius 3 is 2.88 bits per heavy atom. The number of halogens is 1. The van der Waals surface area contributed by atoms with E-state index >= 15 is 0 Å². The summed E-state index contributed by atoms with van der Waals surface area (Å²) in [6.07, 6.45) is 3.32. The predicted molar refractivity (Wildman–Crippen MR) is 95.3 cm³/mol. The van der Waals surface area contributed by atoms with Gasteiger partial charge < -0.3 is 0 Å². The molecule has 9 heteroatoms. The molecule has 1 aliphatic heterocycles.